The molecule has 0 bridgehead atoms. The molecule has 2 amide bonds. The van der Waals surface area contributed by atoms with Crippen LogP contribution in [0.2, 0.25) is 0 Å². The molecule has 0 unspecified atom stereocenters. The minimum absolute atomic E-state index is 0.232. The molecule has 1 heterocycles. The fourth-order valence-corrected chi connectivity index (χ4v) is 3.04. The number of amides is 2. The Labute approximate surface area is 192 Å². The number of aromatic nitrogens is 2. The van der Waals surface area contributed by atoms with E-state index >= 15 is 0 Å². The fourth-order valence-electron chi connectivity index (χ4n) is 2.72. The van der Waals surface area contributed by atoms with Gasteiger partial charge in [0.05, 0.1) is 16.3 Å². The lowest BCUT2D eigenvalue weighted by molar-refractivity contribution is 0.241. The van der Waals surface area contributed by atoms with E-state index in [0.717, 1.165) is 19.3 Å². The average Bonchev–Trinajstić information content (AvgIpc) is 3.29. The zero-order chi connectivity index (χ0) is 22.5. The zero-order valence-corrected chi connectivity index (χ0v) is 18.7. The summed E-state index contributed by atoms with van der Waals surface area (Å²) >= 11 is 12.1. The van der Waals surface area contributed by atoms with E-state index in [9.17, 15) is 4.79 Å². The Hall–Kier alpha value is -2.90. The second-order valence-corrected chi connectivity index (χ2v) is 7.35. The molecule has 0 atom stereocenters. The van der Waals surface area contributed by atoms with Gasteiger partial charge in [-0.05, 0) is 32.1 Å². The molecule has 164 valence electrons. The van der Waals surface area contributed by atoms with E-state index < -0.39 is 0 Å². The average molecular weight is 461 g/mol. The molecule has 1 aromatic rings. The maximum Gasteiger partial charge on any atom is 0.314 e. The first-order valence-electron chi connectivity index (χ1n) is 9.79. The van der Waals surface area contributed by atoms with Crippen molar-refractivity contribution in [2.45, 2.75) is 25.7 Å². The van der Waals surface area contributed by atoms with Crippen molar-refractivity contribution in [3.05, 3.63) is 71.4 Å². The molecule has 7 nitrogen and oxygen atoms in total. The molecule has 31 heavy (non-hydrogen) atoms. The number of aliphatic imine (C=N–C) groups is 2. The van der Waals surface area contributed by atoms with Gasteiger partial charge in [0.1, 0.15) is 6.33 Å². The van der Waals surface area contributed by atoms with Crippen LogP contribution in [0, 0.1) is 0 Å². The molecule has 2 N–H and O–H groups in total. The van der Waals surface area contributed by atoms with Crippen molar-refractivity contribution >= 4 is 47.5 Å². The second kappa shape index (κ2) is 13.4. The molecule has 0 radical (unpaired) electrons. The smallest absolute Gasteiger partial charge is 0.314 e. The number of nitrogens with one attached hydrogen (secondary N) is 2. The first-order chi connectivity index (χ1) is 15.0. The monoisotopic (exact) mass is 460 g/mol. The van der Waals surface area contributed by atoms with Crippen LogP contribution < -0.4 is 10.6 Å². The first kappa shape index (κ1) is 24.4. The number of allylic oxidation sites excluding steroid dienone is 6. The highest BCUT2D eigenvalue weighted by Gasteiger charge is 2.06. The summed E-state index contributed by atoms with van der Waals surface area (Å²) < 4.78 is 1.72. The lowest BCUT2D eigenvalue weighted by Gasteiger charge is -2.11. The van der Waals surface area contributed by atoms with E-state index in [1.54, 1.807) is 29.4 Å². The Bertz CT molecular complexity index is 926. The van der Waals surface area contributed by atoms with Crippen molar-refractivity contribution in [3.63, 3.8) is 0 Å². The van der Waals surface area contributed by atoms with Gasteiger partial charge in [-0.15, -0.1) is 0 Å². The third-order valence-corrected chi connectivity index (χ3v) is 5.16. The topological polar surface area (TPSA) is 83.7 Å². The van der Waals surface area contributed by atoms with E-state index in [0.29, 0.717) is 41.1 Å². The molecule has 0 saturated carbocycles. The van der Waals surface area contributed by atoms with Crippen molar-refractivity contribution in [1.82, 2.24) is 20.2 Å². The fraction of sp³-hybridized carbons (Fsp3) is 0.273. The van der Waals surface area contributed by atoms with Crippen LogP contribution in [-0.2, 0) is 0 Å². The third-order valence-electron chi connectivity index (χ3n) is 4.34. The molecule has 0 aliphatic heterocycles. The van der Waals surface area contributed by atoms with Crippen molar-refractivity contribution in [1.29, 1.82) is 0 Å². The van der Waals surface area contributed by atoms with Gasteiger partial charge in [0.2, 0.25) is 0 Å². The largest absolute Gasteiger partial charge is 0.338 e. The number of hydrogen-bond donors (Lipinski definition) is 2. The summed E-state index contributed by atoms with van der Waals surface area (Å²) in [5.41, 5.74) is 1.91. The van der Waals surface area contributed by atoms with Gasteiger partial charge in [0.25, 0.3) is 0 Å². The minimum Gasteiger partial charge on any atom is -0.338 e. The molecule has 1 aliphatic rings. The molecule has 1 aliphatic carbocycles. The predicted octanol–water partition coefficient (Wildman–Crippen LogP) is 5.01. The number of carbonyl (C=O) groups is 1. The number of nitrogens with zero attached hydrogens (tertiary/aromatic N) is 4. The lowest BCUT2D eigenvalue weighted by atomic mass is 10.1. The highest BCUT2D eigenvalue weighted by Crippen LogP contribution is 2.24. The van der Waals surface area contributed by atoms with Gasteiger partial charge in [-0.1, -0.05) is 53.6 Å². The Kier molecular flexibility index (Phi) is 10.5. The van der Waals surface area contributed by atoms with E-state index in [2.05, 4.69) is 45.0 Å². The quantitative estimate of drug-likeness (QED) is 0.379. The first-order valence-corrected chi connectivity index (χ1v) is 10.5. The van der Waals surface area contributed by atoms with Crippen molar-refractivity contribution < 1.29 is 4.79 Å². The Morgan fingerprint density at radius 2 is 2.00 bits per heavy atom. The molecule has 0 aromatic carbocycles. The van der Waals surface area contributed by atoms with E-state index in [1.807, 2.05) is 12.2 Å². The SMILES string of the molecule is C=C/C(CCNC(=O)NCC/C1=C/CC=C(Cl)C(Cl)=CC1)=N\C(=C/N=C)n1ccnc1. The third kappa shape index (κ3) is 8.78. The zero-order valence-electron chi connectivity index (χ0n) is 17.2. The van der Waals surface area contributed by atoms with Crippen LogP contribution in [0.1, 0.15) is 25.7 Å². The van der Waals surface area contributed by atoms with E-state index in [-0.39, 0.29) is 6.03 Å². The number of hydrogen-bond acceptors (Lipinski definition) is 4. The number of halogens is 2. The van der Waals surface area contributed by atoms with Crippen molar-refractivity contribution in [2.24, 2.45) is 9.98 Å². The molecule has 9 heteroatoms. The van der Waals surface area contributed by atoms with Gasteiger partial charge in [-0.3, -0.25) is 9.56 Å². The Morgan fingerprint density at radius 3 is 2.71 bits per heavy atom. The summed E-state index contributed by atoms with van der Waals surface area (Å²) in [7, 11) is 0. The normalized spacial score (nSPS) is 16.8. The number of urea groups is 1. The van der Waals surface area contributed by atoms with Gasteiger partial charge >= 0.3 is 6.03 Å². The molecular weight excluding hydrogens is 435 g/mol. The highest BCUT2D eigenvalue weighted by molar-refractivity contribution is 6.43. The molecular formula is C22H26Cl2N6O. The van der Waals surface area contributed by atoms with Crippen LogP contribution in [0.4, 0.5) is 4.79 Å². The van der Waals surface area contributed by atoms with E-state index in [4.69, 9.17) is 23.2 Å². The molecule has 0 spiro atoms. The summed E-state index contributed by atoms with van der Waals surface area (Å²) in [6.07, 6.45) is 16.8. The van der Waals surface area contributed by atoms with Crippen LogP contribution in [-0.4, -0.2) is 41.1 Å². The minimum atomic E-state index is -0.232. The predicted molar refractivity (Wildman–Crippen MR) is 130 cm³/mol. The number of carbonyl (C=O) groups excluding carboxylic acids is 1. The van der Waals surface area contributed by atoms with Gasteiger partial charge < -0.3 is 10.6 Å². The van der Waals surface area contributed by atoms with Crippen LogP contribution in [0.3, 0.4) is 0 Å². The lowest BCUT2D eigenvalue weighted by Crippen LogP contribution is -2.37. The summed E-state index contributed by atoms with van der Waals surface area (Å²) in [6, 6.07) is -0.232. The summed E-state index contributed by atoms with van der Waals surface area (Å²) in [5, 5.41) is 6.83. The maximum absolute atomic E-state index is 12.1. The Morgan fingerprint density at radius 1 is 1.23 bits per heavy atom. The summed E-state index contributed by atoms with van der Waals surface area (Å²) in [6.45, 7) is 8.20. The van der Waals surface area contributed by atoms with Crippen LogP contribution in [0.25, 0.3) is 5.82 Å². The van der Waals surface area contributed by atoms with Gasteiger partial charge in [-0.25, -0.2) is 14.8 Å². The summed E-state index contributed by atoms with van der Waals surface area (Å²) in [5.74, 6) is 0.560. The van der Waals surface area contributed by atoms with Crippen LogP contribution >= 0.6 is 23.2 Å². The maximum atomic E-state index is 12.1. The highest BCUT2D eigenvalue weighted by atomic mass is 35.5. The van der Waals surface area contributed by atoms with E-state index in [1.165, 1.54) is 11.8 Å². The van der Waals surface area contributed by atoms with Gasteiger partial charge in [-0.2, -0.15) is 0 Å². The van der Waals surface area contributed by atoms with Gasteiger partial charge in [0.15, 0.2) is 5.82 Å². The number of imidazole rings is 1. The second-order valence-electron chi connectivity index (χ2n) is 6.54. The van der Waals surface area contributed by atoms with Crippen LogP contribution in [0.15, 0.2) is 81.4 Å². The standard InChI is InChI=1S/C22H26Cl2N6O/c1-3-18(29-21(15-25-2)30-14-13-26-16-30)10-12-28-22(31)27-11-9-17-5-4-6-19(23)20(24)8-7-17/h3,5-6,8,13-16H,1-2,4,7,9-12H2,(H2,27,28,31)/b17-5+,19-6?,20-8?,21-15+,29-18+. The van der Waals surface area contributed by atoms with Crippen molar-refractivity contribution in [2.75, 3.05) is 13.1 Å². The Balaban J connectivity index is 1.76. The molecule has 1 aromatic heterocycles. The van der Waals surface area contributed by atoms with Gasteiger partial charge in [0, 0.05) is 37.6 Å². The molecule has 2 rings (SSSR count). The molecule has 0 fully saturated rings. The molecule has 0 saturated heterocycles. The summed E-state index contributed by atoms with van der Waals surface area (Å²) in [4.78, 5) is 24.4. The van der Waals surface area contributed by atoms with Crippen LogP contribution in [0.5, 0.6) is 0 Å². The van der Waals surface area contributed by atoms with Crippen molar-refractivity contribution in [3.8, 4) is 0 Å². The number of rotatable bonds is 10.